The van der Waals surface area contributed by atoms with E-state index < -0.39 is 0 Å². The second-order valence-electron chi connectivity index (χ2n) is 4.74. The maximum absolute atomic E-state index is 9.78. The molecule has 0 amide bonds. The van der Waals surface area contributed by atoms with Crippen LogP contribution < -0.4 is 10.1 Å². The Balaban J connectivity index is 1.90. The number of phenolic OH excluding ortho intramolecular Hbond substituents is 1. The maximum Gasteiger partial charge on any atom is 0.120 e. The number of benzene rings is 1. The van der Waals surface area contributed by atoms with Crippen LogP contribution in [0.3, 0.4) is 0 Å². The van der Waals surface area contributed by atoms with Crippen molar-refractivity contribution in [3.8, 4) is 11.5 Å². The molecule has 0 aliphatic heterocycles. The lowest BCUT2D eigenvalue weighted by Gasteiger charge is -2.14. The molecule has 0 radical (unpaired) electrons. The molecule has 2 atom stereocenters. The molecular formula is C14H21NO3. The standard InChI is InChI=1S/C14H21NO3/c1-17-12-5-6-14(16)10(7-12)9-15-11-3-4-13(8-11)18-2/h5-7,11,13,15-16H,3-4,8-9H2,1-2H3. The summed E-state index contributed by atoms with van der Waals surface area (Å²) in [5.41, 5.74) is 0.871. The van der Waals surface area contributed by atoms with E-state index in [9.17, 15) is 5.11 Å². The Kier molecular flexibility index (Phi) is 4.44. The highest BCUT2D eigenvalue weighted by Gasteiger charge is 2.23. The van der Waals surface area contributed by atoms with Gasteiger partial charge < -0.3 is 19.9 Å². The molecule has 1 aromatic rings. The van der Waals surface area contributed by atoms with E-state index in [1.54, 1.807) is 26.4 Å². The summed E-state index contributed by atoms with van der Waals surface area (Å²) in [5, 5.41) is 13.2. The highest BCUT2D eigenvalue weighted by molar-refractivity contribution is 5.39. The summed E-state index contributed by atoms with van der Waals surface area (Å²) in [4.78, 5) is 0. The van der Waals surface area contributed by atoms with E-state index >= 15 is 0 Å². The molecule has 0 heterocycles. The zero-order valence-corrected chi connectivity index (χ0v) is 11.0. The Morgan fingerprint density at radius 2 is 2.17 bits per heavy atom. The van der Waals surface area contributed by atoms with Crippen LogP contribution in [0.15, 0.2) is 18.2 Å². The molecule has 1 aromatic carbocycles. The SMILES string of the molecule is COc1ccc(O)c(CNC2CCC(OC)C2)c1. The minimum Gasteiger partial charge on any atom is -0.508 e. The van der Waals surface area contributed by atoms with E-state index in [0.717, 1.165) is 30.6 Å². The van der Waals surface area contributed by atoms with Crippen molar-refractivity contribution in [2.24, 2.45) is 0 Å². The molecule has 100 valence electrons. The lowest BCUT2D eigenvalue weighted by atomic mass is 10.1. The molecular weight excluding hydrogens is 230 g/mol. The average molecular weight is 251 g/mol. The van der Waals surface area contributed by atoms with Gasteiger partial charge in [0.05, 0.1) is 13.2 Å². The van der Waals surface area contributed by atoms with Gasteiger partial charge in [-0.2, -0.15) is 0 Å². The zero-order chi connectivity index (χ0) is 13.0. The summed E-state index contributed by atoms with van der Waals surface area (Å²) < 4.78 is 10.5. The average Bonchev–Trinajstić information content (AvgIpc) is 2.86. The molecule has 0 saturated heterocycles. The number of ether oxygens (including phenoxy) is 2. The molecule has 18 heavy (non-hydrogen) atoms. The van der Waals surface area contributed by atoms with Crippen LogP contribution in [-0.2, 0) is 11.3 Å². The van der Waals surface area contributed by atoms with Gasteiger partial charge in [-0.3, -0.25) is 0 Å². The summed E-state index contributed by atoms with van der Waals surface area (Å²) in [6.45, 7) is 0.657. The van der Waals surface area contributed by atoms with Crippen molar-refractivity contribution in [2.75, 3.05) is 14.2 Å². The number of aromatic hydroxyl groups is 1. The number of hydrogen-bond acceptors (Lipinski definition) is 4. The van der Waals surface area contributed by atoms with Crippen molar-refractivity contribution in [2.45, 2.75) is 38.0 Å². The van der Waals surface area contributed by atoms with E-state index in [0.29, 0.717) is 24.4 Å². The minimum absolute atomic E-state index is 0.310. The normalized spacial score (nSPS) is 23.2. The van der Waals surface area contributed by atoms with Crippen LogP contribution in [0.5, 0.6) is 11.5 Å². The Labute approximate surface area is 108 Å². The van der Waals surface area contributed by atoms with Gasteiger partial charge in [0, 0.05) is 25.3 Å². The first kappa shape index (κ1) is 13.2. The molecule has 0 aromatic heterocycles. The predicted octanol–water partition coefficient (Wildman–Crippen LogP) is 2.06. The van der Waals surface area contributed by atoms with Gasteiger partial charge in [0.15, 0.2) is 0 Å². The number of rotatable bonds is 5. The van der Waals surface area contributed by atoms with Crippen molar-refractivity contribution >= 4 is 0 Å². The van der Waals surface area contributed by atoms with E-state index in [4.69, 9.17) is 9.47 Å². The van der Waals surface area contributed by atoms with Crippen LogP contribution in [0, 0.1) is 0 Å². The molecule has 1 aliphatic rings. The van der Waals surface area contributed by atoms with Crippen LogP contribution in [-0.4, -0.2) is 31.5 Å². The van der Waals surface area contributed by atoms with Gasteiger partial charge in [-0.25, -0.2) is 0 Å². The summed E-state index contributed by atoms with van der Waals surface area (Å²) >= 11 is 0. The second kappa shape index (κ2) is 6.07. The van der Waals surface area contributed by atoms with Crippen molar-refractivity contribution in [3.63, 3.8) is 0 Å². The molecule has 1 aliphatic carbocycles. The summed E-state index contributed by atoms with van der Waals surface area (Å²) in [5.74, 6) is 1.08. The van der Waals surface area contributed by atoms with Gasteiger partial charge in [0.1, 0.15) is 11.5 Å². The Morgan fingerprint density at radius 3 is 2.83 bits per heavy atom. The van der Waals surface area contributed by atoms with Gasteiger partial charge in [-0.05, 0) is 37.5 Å². The topological polar surface area (TPSA) is 50.7 Å². The monoisotopic (exact) mass is 251 g/mol. The fourth-order valence-corrected chi connectivity index (χ4v) is 2.42. The minimum atomic E-state index is 0.310. The van der Waals surface area contributed by atoms with Gasteiger partial charge in [-0.15, -0.1) is 0 Å². The number of phenols is 1. The van der Waals surface area contributed by atoms with Crippen LogP contribution in [0.1, 0.15) is 24.8 Å². The number of methoxy groups -OCH3 is 2. The van der Waals surface area contributed by atoms with Gasteiger partial charge in [0.2, 0.25) is 0 Å². The molecule has 2 rings (SSSR count). The van der Waals surface area contributed by atoms with Crippen molar-refractivity contribution in [1.82, 2.24) is 5.32 Å². The molecule has 0 bridgehead atoms. The van der Waals surface area contributed by atoms with Crippen LogP contribution in [0.25, 0.3) is 0 Å². The first-order chi connectivity index (χ1) is 8.72. The second-order valence-corrected chi connectivity index (χ2v) is 4.74. The van der Waals surface area contributed by atoms with E-state index in [1.165, 1.54) is 0 Å². The molecule has 4 nitrogen and oxygen atoms in total. The third-order valence-electron chi connectivity index (χ3n) is 3.59. The lowest BCUT2D eigenvalue weighted by molar-refractivity contribution is 0.107. The van der Waals surface area contributed by atoms with Crippen LogP contribution in [0.2, 0.25) is 0 Å². The molecule has 2 N–H and O–H groups in total. The first-order valence-electron chi connectivity index (χ1n) is 6.35. The summed E-state index contributed by atoms with van der Waals surface area (Å²) in [6, 6.07) is 5.77. The Morgan fingerprint density at radius 1 is 1.33 bits per heavy atom. The Bertz CT molecular complexity index is 395. The molecule has 4 heteroatoms. The summed E-state index contributed by atoms with van der Waals surface area (Å²) in [6.07, 6.45) is 3.66. The zero-order valence-electron chi connectivity index (χ0n) is 11.0. The Hall–Kier alpha value is -1.26. The van der Waals surface area contributed by atoms with E-state index in [-0.39, 0.29) is 0 Å². The van der Waals surface area contributed by atoms with Crippen LogP contribution in [0.4, 0.5) is 0 Å². The van der Waals surface area contributed by atoms with Gasteiger partial charge in [-0.1, -0.05) is 0 Å². The van der Waals surface area contributed by atoms with Gasteiger partial charge >= 0.3 is 0 Å². The quantitative estimate of drug-likeness (QED) is 0.841. The van der Waals surface area contributed by atoms with E-state index in [2.05, 4.69) is 5.32 Å². The predicted molar refractivity (Wildman–Crippen MR) is 69.9 cm³/mol. The van der Waals surface area contributed by atoms with E-state index in [1.807, 2.05) is 6.07 Å². The third kappa shape index (κ3) is 3.15. The van der Waals surface area contributed by atoms with Crippen molar-refractivity contribution in [1.29, 1.82) is 0 Å². The molecule has 2 unspecified atom stereocenters. The van der Waals surface area contributed by atoms with Gasteiger partial charge in [0.25, 0.3) is 0 Å². The fourth-order valence-electron chi connectivity index (χ4n) is 2.42. The maximum atomic E-state index is 9.78. The molecule has 1 saturated carbocycles. The lowest BCUT2D eigenvalue weighted by Crippen LogP contribution is -2.26. The molecule has 0 spiro atoms. The highest BCUT2D eigenvalue weighted by Crippen LogP contribution is 2.25. The van der Waals surface area contributed by atoms with Crippen LogP contribution >= 0.6 is 0 Å². The summed E-state index contributed by atoms with van der Waals surface area (Å²) in [7, 11) is 3.39. The smallest absolute Gasteiger partial charge is 0.120 e. The third-order valence-corrected chi connectivity index (χ3v) is 3.59. The number of nitrogens with one attached hydrogen (secondary N) is 1. The van der Waals surface area contributed by atoms with Crippen molar-refractivity contribution in [3.05, 3.63) is 23.8 Å². The largest absolute Gasteiger partial charge is 0.508 e. The highest BCUT2D eigenvalue weighted by atomic mass is 16.5. The molecule has 1 fully saturated rings. The first-order valence-corrected chi connectivity index (χ1v) is 6.35. The van der Waals surface area contributed by atoms with Crippen molar-refractivity contribution < 1.29 is 14.6 Å². The fraction of sp³-hybridized carbons (Fsp3) is 0.571. The number of hydrogen-bond donors (Lipinski definition) is 2.